The molecule has 3 saturated carbocycles. The van der Waals surface area contributed by atoms with Gasteiger partial charge in [-0.15, -0.1) is 0 Å². The summed E-state index contributed by atoms with van der Waals surface area (Å²) in [6.07, 6.45) is 3.57. The van der Waals surface area contributed by atoms with E-state index in [1.54, 1.807) is 0 Å². The molecule has 102 valence electrons. The predicted molar refractivity (Wildman–Crippen MR) is 78.4 cm³/mol. The molecule has 3 fully saturated rings. The molecule has 2 nitrogen and oxygen atoms in total. The van der Waals surface area contributed by atoms with Gasteiger partial charge in [0.15, 0.2) is 6.29 Å². The van der Waals surface area contributed by atoms with Crippen molar-refractivity contribution < 1.29 is 4.79 Å². The zero-order chi connectivity index (χ0) is 13.6. The minimum Gasteiger partial charge on any atom is -0.381 e. The van der Waals surface area contributed by atoms with Crippen molar-refractivity contribution in [2.24, 2.45) is 23.2 Å². The summed E-state index contributed by atoms with van der Waals surface area (Å²) in [5.74, 6) is 2.35. The first kappa shape index (κ1) is 12.7. The number of rotatable bonds is 3. The molecule has 0 heterocycles. The normalized spacial score (nSPS) is 35.3. The van der Waals surface area contributed by atoms with E-state index in [0.29, 0.717) is 17.4 Å². The first-order valence-electron chi connectivity index (χ1n) is 7.34. The summed E-state index contributed by atoms with van der Waals surface area (Å²) in [5.41, 5.74) is 2.28. The van der Waals surface area contributed by atoms with E-state index in [1.807, 2.05) is 24.3 Å². The average molecular weight is 257 g/mol. The minimum absolute atomic E-state index is 0.512. The highest BCUT2D eigenvalue weighted by Crippen LogP contribution is 2.61. The van der Waals surface area contributed by atoms with Crippen LogP contribution in [0.3, 0.4) is 0 Å². The highest BCUT2D eigenvalue weighted by atomic mass is 16.1. The lowest BCUT2D eigenvalue weighted by Crippen LogP contribution is -2.58. The Balaban J connectivity index is 1.77. The third-order valence-electron chi connectivity index (χ3n) is 5.78. The van der Waals surface area contributed by atoms with Gasteiger partial charge in [-0.3, -0.25) is 4.79 Å². The first-order valence-corrected chi connectivity index (χ1v) is 7.34. The number of hydrogen-bond donors (Lipinski definition) is 1. The molecule has 3 aliphatic carbocycles. The third-order valence-corrected chi connectivity index (χ3v) is 5.78. The van der Waals surface area contributed by atoms with Crippen LogP contribution in [0.2, 0.25) is 0 Å². The van der Waals surface area contributed by atoms with E-state index in [0.717, 1.165) is 29.4 Å². The minimum atomic E-state index is 0.512. The summed E-state index contributed by atoms with van der Waals surface area (Å²) in [6.45, 7) is 7.19. The monoisotopic (exact) mass is 257 g/mol. The second-order valence-corrected chi connectivity index (χ2v) is 6.91. The predicted octanol–water partition coefficient (Wildman–Crippen LogP) is 3.98. The number of fused-ring (bicyclic) bond motifs is 2. The lowest BCUT2D eigenvalue weighted by Gasteiger charge is -2.62. The summed E-state index contributed by atoms with van der Waals surface area (Å²) in [6, 6.07) is 8.32. The number of para-hydroxylation sites is 1. The molecule has 3 aliphatic rings. The second-order valence-electron chi connectivity index (χ2n) is 6.91. The van der Waals surface area contributed by atoms with Crippen molar-refractivity contribution in [1.82, 2.24) is 0 Å². The average Bonchev–Trinajstić information content (AvgIpc) is 2.41. The van der Waals surface area contributed by atoms with Gasteiger partial charge in [0.1, 0.15) is 0 Å². The summed E-state index contributed by atoms with van der Waals surface area (Å²) in [5, 5.41) is 3.62. The van der Waals surface area contributed by atoms with Crippen molar-refractivity contribution >= 4 is 12.0 Å². The molecule has 4 rings (SSSR count). The molecule has 1 aromatic carbocycles. The van der Waals surface area contributed by atoms with Crippen LogP contribution in [0.25, 0.3) is 0 Å². The quantitative estimate of drug-likeness (QED) is 0.830. The number of aldehydes is 1. The number of anilines is 1. The SMILES string of the molecule is C[C@@H]1[C@@H](Nc2ccccc2C=O)C[C@@H]2C[C@H]1C2(C)C. The van der Waals surface area contributed by atoms with Gasteiger partial charge in [0.05, 0.1) is 0 Å². The molecule has 1 N–H and O–H groups in total. The topological polar surface area (TPSA) is 29.1 Å². The van der Waals surface area contributed by atoms with Gasteiger partial charge in [0.25, 0.3) is 0 Å². The summed E-state index contributed by atoms with van der Waals surface area (Å²) < 4.78 is 0. The van der Waals surface area contributed by atoms with Gasteiger partial charge in [-0.1, -0.05) is 32.9 Å². The Hall–Kier alpha value is -1.31. The molecule has 0 aromatic heterocycles. The van der Waals surface area contributed by atoms with Crippen LogP contribution in [-0.2, 0) is 0 Å². The standard InChI is InChI=1S/C17H23NO/c1-11-14-8-13(17(14,2)3)9-16(11)18-15-7-5-4-6-12(15)10-19/h4-7,10-11,13-14,16,18H,8-9H2,1-3H3/t11-,13-,14+,16-/m0/s1. The molecule has 0 spiro atoms. The van der Waals surface area contributed by atoms with E-state index in [-0.39, 0.29) is 0 Å². The number of nitrogens with one attached hydrogen (secondary N) is 1. The number of carbonyl (C=O) groups excluding carboxylic acids is 1. The van der Waals surface area contributed by atoms with Gasteiger partial charge in [-0.25, -0.2) is 0 Å². The zero-order valence-electron chi connectivity index (χ0n) is 12.0. The van der Waals surface area contributed by atoms with Crippen molar-refractivity contribution in [2.75, 3.05) is 5.32 Å². The Bertz CT molecular complexity index is 494. The Morgan fingerprint density at radius 3 is 2.63 bits per heavy atom. The highest BCUT2D eigenvalue weighted by Gasteiger charge is 2.56. The molecule has 2 heteroatoms. The molecule has 0 aliphatic heterocycles. The Morgan fingerprint density at radius 1 is 1.26 bits per heavy atom. The van der Waals surface area contributed by atoms with Gasteiger partial charge in [-0.05, 0) is 48.1 Å². The van der Waals surface area contributed by atoms with E-state index < -0.39 is 0 Å². The molecule has 0 saturated heterocycles. The van der Waals surface area contributed by atoms with Gasteiger partial charge >= 0.3 is 0 Å². The first-order chi connectivity index (χ1) is 9.04. The lowest BCUT2D eigenvalue weighted by atomic mass is 9.45. The van der Waals surface area contributed by atoms with Crippen molar-refractivity contribution in [3.05, 3.63) is 29.8 Å². The smallest absolute Gasteiger partial charge is 0.152 e. The molecule has 0 radical (unpaired) electrons. The van der Waals surface area contributed by atoms with Crippen LogP contribution in [0.4, 0.5) is 5.69 Å². The summed E-state index contributed by atoms with van der Waals surface area (Å²) in [4.78, 5) is 11.1. The molecule has 19 heavy (non-hydrogen) atoms. The maximum Gasteiger partial charge on any atom is 0.152 e. The Labute approximate surface area is 115 Å². The zero-order valence-corrected chi connectivity index (χ0v) is 12.0. The largest absolute Gasteiger partial charge is 0.381 e. The van der Waals surface area contributed by atoms with Crippen LogP contribution in [-0.4, -0.2) is 12.3 Å². The number of hydrogen-bond acceptors (Lipinski definition) is 2. The van der Waals surface area contributed by atoms with Crippen LogP contribution in [0.5, 0.6) is 0 Å². The van der Waals surface area contributed by atoms with Crippen molar-refractivity contribution in [3.8, 4) is 0 Å². The fourth-order valence-electron chi connectivity index (χ4n) is 4.27. The molecular weight excluding hydrogens is 234 g/mol. The molecular formula is C17H23NO. The Morgan fingerprint density at radius 2 is 2.00 bits per heavy atom. The van der Waals surface area contributed by atoms with Gasteiger partial charge < -0.3 is 5.32 Å². The van der Waals surface area contributed by atoms with E-state index >= 15 is 0 Å². The maximum absolute atomic E-state index is 11.1. The molecule has 0 amide bonds. The van der Waals surface area contributed by atoms with Gasteiger partial charge in [-0.2, -0.15) is 0 Å². The third kappa shape index (κ3) is 1.89. The van der Waals surface area contributed by atoms with E-state index in [9.17, 15) is 4.79 Å². The van der Waals surface area contributed by atoms with Crippen LogP contribution in [0, 0.1) is 23.2 Å². The molecule has 0 unspecified atom stereocenters. The van der Waals surface area contributed by atoms with Gasteiger partial charge in [0, 0.05) is 17.3 Å². The summed E-state index contributed by atoms with van der Waals surface area (Å²) >= 11 is 0. The van der Waals surface area contributed by atoms with Crippen molar-refractivity contribution in [3.63, 3.8) is 0 Å². The summed E-state index contributed by atoms with van der Waals surface area (Å²) in [7, 11) is 0. The molecule has 2 bridgehead atoms. The molecule has 1 aromatic rings. The van der Waals surface area contributed by atoms with E-state index in [2.05, 4.69) is 26.1 Å². The second kappa shape index (κ2) is 4.36. The van der Waals surface area contributed by atoms with Crippen LogP contribution in [0.15, 0.2) is 24.3 Å². The van der Waals surface area contributed by atoms with Crippen LogP contribution >= 0.6 is 0 Å². The van der Waals surface area contributed by atoms with E-state index in [4.69, 9.17) is 0 Å². The van der Waals surface area contributed by atoms with Gasteiger partial charge in [0.2, 0.25) is 0 Å². The van der Waals surface area contributed by atoms with Crippen molar-refractivity contribution in [2.45, 2.75) is 39.7 Å². The van der Waals surface area contributed by atoms with Crippen molar-refractivity contribution in [1.29, 1.82) is 0 Å². The molecule has 4 atom stereocenters. The lowest BCUT2D eigenvalue weighted by molar-refractivity contribution is -0.105. The fourth-order valence-corrected chi connectivity index (χ4v) is 4.27. The maximum atomic E-state index is 11.1. The number of carbonyl (C=O) groups is 1. The van der Waals surface area contributed by atoms with Crippen LogP contribution in [0.1, 0.15) is 44.0 Å². The fraction of sp³-hybridized carbons (Fsp3) is 0.588. The Kier molecular flexibility index (Phi) is 2.92. The number of benzene rings is 1. The van der Waals surface area contributed by atoms with E-state index in [1.165, 1.54) is 12.8 Å². The van der Waals surface area contributed by atoms with Crippen LogP contribution < -0.4 is 5.32 Å². The highest BCUT2D eigenvalue weighted by molar-refractivity contribution is 5.84.